The van der Waals surface area contributed by atoms with E-state index in [1.165, 1.54) is 41.3 Å². The van der Waals surface area contributed by atoms with Gasteiger partial charge < -0.3 is 10.2 Å². The zero-order valence-electron chi connectivity index (χ0n) is 18.9. The summed E-state index contributed by atoms with van der Waals surface area (Å²) in [5.41, 5.74) is 1.25. The highest BCUT2D eigenvalue weighted by Crippen LogP contribution is 2.34. The lowest BCUT2D eigenvalue weighted by atomic mass is 10.1. The van der Waals surface area contributed by atoms with Gasteiger partial charge in [-0.15, -0.1) is 0 Å². The molecule has 0 unspecified atom stereocenters. The van der Waals surface area contributed by atoms with Crippen molar-refractivity contribution in [3.63, 3.8) is 0 Å². The molecule has 0 aromatic heterocycles. The lowest BCUT2D eigenvalue weighted by Crippen LogP contribution is -2.49. The van der Waals surface area contributed by atoms with Crippen molar-refractivity contribution in [1.29, 1.82) is 0 Å². The number of aryl methyl sites for hydroxylation is 1. The Morgan fingerprint density at radius 1 is 1.00 bits per heavy atom. The van der Waals surface area contributed by atoms with Gasteiger partial charge in [0.2, 0.25) is 11.8 Å². The van der Waals surface area contributed by atoms with Crippen LogP contribution >= 0.6 is 0 Å². The summed E-state index contributed by atoms with van der Waals surface area (Å²) in [6, 6.07) is 13.2. The van der Waals surface area contributed by atoms with E-state index < -0.39 is 17.6 Å². The van der Waals surface area contributed by atoms with Crippen molar-refractivity contribution in [3.05, 3.63) is 65.2 Å². The highest BCUT2D eigenvalue weighted by molar-refractivity contribution is 5.95. The topological polar surface area (TPSA) is 55.9 Å². The molecule has 1 aliphatic heterocycles. The van der Waals surface area contributed by atoms with Crippen molar-refractivity contribution in [3.8, 4) is 0 Å². The number of para-hydroxylation sites is 1. The molecule has 0 atom stereocenters. The molecule has 1 N–H and O–H groups in total. The predicted octanol–water partition coefficient (Wildman–Crippen LogP) is 3.23. The van der Waals surface area contributed by atoms with E-state index in [1.807, 2.05) is 11.0 Å². The van der Waals surface area contributed by atoms with Crippen LogP contribution in [0, 0.1) is 6.92 Å². The number of carbonyl (C=O) groups excluding carboxylic acids is 2. The number of alkyl halides is 3. The third-order valence-corrected chi connectivity index (χ3v) is 5.63. The summed E-state index contributed by atoms with van der Waals surface area (Å²) in [5, 5.41) is 2.27. The van der Waals surface area contributed by atoms with Crippen LogP contribution in [0.3, 0.4) is 0 Å². The maximum absolute atomic E-state index is 13.1. The fourth-order valence-corrected chi connectivity index (χ4v) is 3.82. The Morgan fingerprint density at radius 3 is 2.33 bits per heavy atom. The molecule has 2 amide bonds. The van der Waals surface area contributed by atoms with Crippen molar-refractivity contribution in [2.45, 2.75) is 19.6 Å². The Labute approximate surface area is 192 Å². The standard InChI is InChI=1S/C24H29F3N4O2/c1-18-6-5-7-19(14-18)15-30-10-12-31(13-11-30)17-23(33)29(2)16-22(32)28-21-9-4-3-8-20(21)24(25,26)27/h3-9,14H,10-13,15-17H2,1-2H3,(H,28,32). The first-order valence-electron chi connectivity index (χ1n) is 10.8. The second kappa shape index (κ2) is 10.8. The molecule has 0 aliphatic carbocycles. The number of amides is 2. The van der Waals surface area contributed by atoms with Crippen molar-refractivity contribution in [1.82, 2.24) is 14.7 Å². The summed E-state index contributed by atoms with van der Waals surface area (Å²) in [4.78, 5) is 30.4. The molecule has 33 heavy (non-hydrogen) atoms. The van der Waals surface area contributed by atoms with Crippen LogP contribution in [-0.4, -0.2) is 72.8 Å². The van der Waals surface area contributed by atoms with Gasteiger partial charge in [-0.05, 0) is 24.6 Å². The quantitative estimate of drug-likeness (QED) is 0.687. The molecule has 6 nitrogen and oxygen atoms in total. The first kappa shape index (κ1) is 24.7. The number of likely N-dealkylation sites (N-methyl/N-ethyl adjacent to an activating group) is 1. The van der Waals surface area contributed by atoms with Gasteiger partial charge in [-0.2, -0.15) is 13.2 Å². The van der Waals surface area contributed by atoms with Gasteiger partial charge in [-0.25, -0.2) is 0 Å². The van der Waals surface area contributed by atoms with Crippen molar-refractivity contribution < 1.29 is 22.8 Å². The molecule has 0 bridgehead atoms. The van der Waals surface area contributed by atoms with E-state index in [0.717, 1.165) is 38.8 Å². The van der Waals surface area contributed by atoms with E-state index >= 15 is 0 Å². The van der Waals surface area contributed by atoms with Gasteiger partial charge in [-0.3, -0.25) is 19.4 Å². The lowest BCUT2D eigenvalue weighted by molar-refractivity contribution is -0.137. The zero-order chi connectivity index (χ0) is 24.0. The summed E-state index contributed by atoms with van der Waals surface area (Å²) in [6.45, 7) is 5.91. The number of rotatable bonds is 7. The summed E-state index contributed by atoms with van der Waals surface area (Å²) >= 11 is 0. The molecule has 1 heterocycles. The SMILES string of the molecule is Cc1cccc(CN2CCN(CC(=O)N(C)CC(=O)Nc3ccccc3C(F)(F)F)CC2)c1. The molecule has 2 aromatic rings. The van der Waals surface area contributed by atoms with Gasteiger partial charge in [0.1, 0.15) is 0 Å². The Balaban J connectivity index is 1.44. The van der Waals surface area contributed by atoms with Crippen LogP contribution in [0.1, 0.15) is 16.7 Å². The van der Waals surface area contributed by atoms with Crippen molar-refractivity contribution in [2.24, 2.45) is 0 Å². The van der Waals surface area contributed by atoms with Crippen LogP contribution in [-0.2, 0) is 22.3 Å². The zero-order valence-corrected chi connectivity index (χ0v) is 18.9. The minimum Gasteiger partial charge on any atom is -0.335 e. The molecule has 0 saturated carbocycles. The Kier molecular flexibility index (Phi) is 8.10. The lowest BCUT2D eigenvalue weighted by Gasteiger charge is -2.35. The minimum atomic E-state index is -4.58. The molecular formula is C24H29F3N4O2. The number of benzene rings is 2. The highest BCUT2D eigenvalue weighted by Gasteiger charge is 2.33. The molecular weight excluding hydrogens is 433 g/mol. The molecule has 2 aromatic carbocycles. The van der Waals surface area contributed by atoms with Crippen LogP contribution in [0.5, 0.6) is 0 Å². The number of anilines is 1. The van der Waals surface area contributed by atoms with Crippen LogP contribution in [0.25, 0.3) is 0 Å². The fourth-order valence-electron chi connectivity index (χ4n) is 3.82. The first-order valence-corrected chi connectivity index (χ1v) is 10.8. The van der Waals surface area contributed by atoms with Crippen molar-refractivity contribution >= 4 is 17.5 Å². The van der Waals surface area contributed by atoms with Gasteiger partial charge >= 0.3 is 6.18 Å². The van der Waals surface area contributed by atoms with Gasteiger partial charge in [0.05, 0.1) is 24.3 Å². The number of hydrogen-bond donors (Lipinski definition) is 1. The molecule has 9 heteroatoms. The largest absolute Gasteiger partial charge is 0.418 e. The average Bonchev–Trinajstić information content (AvgIpc) is 2.74. The number of piperazine rings is 1. The van der Waals surface area contributed by atoms with Gasteiger partial charge in [0, 0.05) is 39.8 Å². The van der Waals surface area contributed by atoms with E-state index in [-0.39, 0.29) is 24.7 Å². The smallest absolute Gasteiger partial charge is 0.335 e. The number of carbonyl (C=O) groups is 2. The number of nitrogens with zero attached hydrogens (tertiary/aromatic N) is 3. The van der Waals surface area contributed by atoms with Crippen LogP contribution < -0.4 is 5.32 Å². The predicted molar refractivity (Wildman–Crippen MR) is 121 cm³/mol. The summed E-state index contributed by atoms with van der Waals surface area (Å²) in [7, 11) is 1.48. The average molecular weight is 463 g/mol. The Morgan fingerprint density at radius 2 is 1.67 bits per heavy atom. The molecule has 1 aliphatic rings. The second-order valence-corrected chi connectivity index (χ2v) is 8.38. The highest BCUT2D eigenvalue weighted by atomic mass is 19.4. The van der Waals surface area contributed by atoms with E-state index in [2.05, 4.69) is 35.3 Å². The Bertz CT molecular complexity index is 972. The van der Waals surface area contributed by atoms with Crippen LogP contribution in [0.4, 0.5) is 18.9 Å². The minimum absolute atomic E-state index is 0.168. The normalized spacial score (nSPS) is 15.3. The third-order valence-electron chi connectivity index (χ3n) is 5.63. The maximum Gasteiger partial charge on any atom is 0.418 e. The van der Waals surface area contributed by atoms with E-state index in [9.17, 15) is 22.8 Å². The van der Waals surface area contributed by atoms with Gasteiger partial charge in [0.25, 0.3) is 0 Å². The summed E-state index contributed by atoms with van der Waals surface area (Å²) in [6.07, 6.45) is -4.58. The van der Waals surface area contributed by atoms with Crippen molar-refractivity contribution in [2.75, 3.05) is 51.6 Å². The van der Waals surface area contributed by atoms with Crippen LogP contribution in [0.15, 0.2) is 48.5 Å². The molecule has 1 fully saturated rings. The maximum atomic E-state index is 13.1. The first-order chi connectivity index (χ1) is 15.6. The second-order valence-electron chi connectivity index (χ2n) is 8.38. The summed E-state index contributed by atoms with van der Waals surface area (Å²) < 4.78 is 39.3. The number of halogens is 3. The molecule has 3 rings (SSSR count). The Hall–Kier alpha value is -2.91. The molecule has 178 valence electrons. The summed E-state index contributed by atoms with van der Waals surface area (Å²) in [5.74, 6) is -0.924. The van der Waals surface area contributed by atoms with Crippen LogP contribution in [0.2, 0.25) is 0 Å². The van der Waals surface area contributed by atoms with E-state index in [4.69, 9.17) is 0 Å². The third kappa shape index (κ3) is 7.30. The number of nitrogens with one attached hydrogen (secondary N) is 1. The van der Waals surface area contributed by atoms with E-state index in [1.54, 1.807) is 0 Å². The van der Waals surface area contributed by atoms with Gasteiger partial charge in [0.15, 0.2) is 0 Å². The monoisotopic (exact) mass is 462 g/mol. The van der Waals surface area contributed by atoms with Gasteiger partial charge in [-0.1, -0.05) is 42.0 Å². The van der Waals surface area contributed by atoms with E-state index in [0.29, 0.717) is 0 Å². The molecule has 0 spiro atoms. The number of hydrogen-bond acceptors (Lipinski definition) is 4. The molecule has 0 radical (unpaired) electrons. The molecule has 1 saturated heterocycles. The fraction of sp³-hybridized carbons (Fsp3) is 0.417.